The molecule has 0 saturated carbocycles. The number of aliphatic hydroxyl groups is 1. The van der Waals surface area contributed by atoms with Gasteiger partial charge in [0.25, 0.3) is 18.2 Å². The normalized spacial score (nSPS) is 12.2. The summed E-state index contributed by atoms with van der Waals surface area (Å²) in [5.74, 6) is -1.77. The number of nitrogens with zero attached hydrogens (tertiary/aromatic N) is 2. The number of ether oxygens (including phenoxy) is 1. The Hall–Kier alpha value is -3.16. The topological polar surface area (TPSA) is 105 Å². The van der Waals surface area contributed by atoms with Gasteiger partial charge in [-0.2, -0.15) is 13.2 Å². The van der Waals surface area contributed by atoms with E-state index in [4.69, 9.17) is 27.9 Å². The molecule has 2 amide bonds. The number of nitrogens with one attached hydrogen (secondary N) is 2. The van der Waals surface area contributed by atoms with Crippen LogP contribution in [0.2, 0.25) is 10.0 Å². The Morgan fingerprint density at radius 3 is 2.42 bits per heavy atom. The van der Waals surface area contributed by atoms with Crippen LogP contribution in [-0.2, 0) is 24.8 Å². The van der Waals surface area contributed by atoms with Gasteiger partial charge in [-0.3, -0.25) is 9.59 Å². The number of hydrogen-bond acceptors (Lipinski definition) is 5. The van der Waals surface area contributed by atoms with E-state index < -0.39 is 48.7 Å². The van der Waals surface area contributed by atoms with Crippen LogP contribution in [-0.4, -0.2) is 57.8 Å². The molecule has 0 radical (unpaired) electrons. The fourth-order valence-electron chi connectivity index (χ4n) is 3.65. The van der Waals surface area contributed by atoms with Crippen molar-refractivity contribution in [1.82, 2.24) is 20.2 Å². The molecule has 0 unspecified atom stereocenters. The van der Waals surface area contributed by atoms with E-state index in [1.165, 1.54) is 19.9 Å². The monoisotopic (exact) mass is 610 g/mol. The van der Waals surface area contributed by atoms with Crippen molar-refractivity contribution in [2.24, 2.45) is 7.05 Å². The summed E-state index contributed by atoms with van der Waals surface area (Å²) in [7, 11) is 1.60. The molecule has 218 valence electrons. The number of fused-ring (bicyclic) bond motifs is 1. The first-order valence-corrected chi connectivity index (χ1v) is 12.4. The minimum absolute atomic E-state index is 0.00437. The average molecular weight is 611 g/mol. The van der Waals surface area contributed by atoms with Crippen LogP contribution < -0.4 is 15.4 Å². The van der Waals surface area contributed by atoms with Gasteiger partial charge in [0, 0.05) is 31.1 Å². The number of benzene rings is 2. The maximum atomic E-state index is 12.8. The molecule has 3 N–H and O–H groups in total. The van der Waals surface area contributed by atoms with Crippen LogP contribution in [0.5, 0.6) is 5.75 Å². The maximum absolute atomic E-state index is 12.8. The second kappa shape index (κ2) is 12.1. The van der Waals surface area contributed by atoms with E-state index in [1.54, 1.807) is 29.1 Å². The Balaban J connectivity index is 1.98. The second-order valence-corrected chi connectivity index (χ2v) is 10.1. The summed E-state index contributed by atoms with van der Waals surface area (Å²) in [5, 5.41) is 14.6. The average Bonchev–Trinajstić information content (AvgIpc) is 3.15. The van der Waals surface area contributed by atoms with Crippen LogP contribution in [0, 0.1) is 0 Å². The smallest absolute Gasteiger partial charge is 0.405 e. The van der Waals surface area contributed by atoms with Crippen LogP contribution in [0.25, 0.3) is 11.0 Å². The molecule has 1 heterocycles. The molecule has 40 heavy (non-hydrogen) atoms. The lowest BCUT2D eigenvalue weighted by Gasteiger charge is -2.18. The molecular formula is C25H25Cl2F5N4O4. The van der Waals surface area contributed by atoms with Gasteiger partial charge in [0.1, 0.15) is 30.3 Å². The van der Waals surface area contributed by atoms with E-state index in [1.807, 2.05) is 0 Å². The number of carbonyl (C=O) groups excluding carboxylic acids is 2. The first kappa shape index (κ1) is 31.4. The van der Waals surface area contributed by atoms with Crippen molar-refractivity contribution >= 4 is 46.0 Å². The van der Waals surface area contributed by atoms with Crippen LogP contribution in [0.3, 0.4) is 0 Å². The zero-order valence-corrected chi connectivity index (χ0v) is 22.9. The van der Waals surface area contributed by atoms with Crippen molar-refractivity contribution in [2.45, 2.75) is 45.0 Å². The molecule has 0 aliphatic heterocycles. The molecule has 2 aromatic carbocycles. The van der Waals surface area contributed by atoms with Crippen molar-refractivity contribution in [1.29, 1.82) is 0 Å². The van der Waals surface area contributed by atoms with E-state index in [0.717, 1.165) is 6.07 Å². The Kier molecular flexibility index (Phi) is 9.53. The highest BCUT2D eigenvalue weighted by molar-refractivity contribution is 6.36. The number of carbonyl (C=O) groups is 2. The SMILES string of the molecule is Cn1c(Cc2c(Cl)ccc(CNC(=O)C(C)(C)O)c2Cl)nc2cc(C(=O)NCC(F)(F)F)c(OCC(F)F)cc21. The second-order valence-electron chi connectivity index (χ2n) is 9.34. The Morgan fingerprint density at radius 1 is 1.15 bits per heavy atom. The van der Waals surface area contributed by atoms with E-state index in [-0.39, 0.29) is 34.3 Å². The third kappa shape index (κ3) is 7.73. The molecule has 0 aliphatic rings. The zero-order chi connectivity index (χ0) is 30.0. The summed E-state index contributed by atoms with van der Waals surface area (Å²) in [5.41, 5.74) is -0.539. The van der Waals surface area contributed by atoms with Gasteiger partial charge in [0.2, 0.25) is 0 Å². The lowest BCUT2D eigenvalue weighted by molar-refractivity contribution is -0.136. The first-order valence-electron chi connectivity index (χ1n) is 11.7. The van der Waals surface area contributed by atoms with E-state index >= 15 is 0 Å². The predicted octanol–water partition coefficient (Wildman–Crippen LogP) is 4.79. The van der Waals surface area contributed by atoms with E-state index in [2.05, 4.69) is 10.3 Å². The summed E-state index contributed by atoms with van der Waals surface area (Å²) in [4.78, 5) is 29.0. The molecule has 8 nitrogen and oxygen atoms in total. The number of imidazole rings is 1. The Bertz CT molecular complexity index is 1420. The van der Waals surface area contributed by atoms with Gasteiger partial charge in [0.15, 0.2) is 0 Å². The molecule has 0 aliphatic carbocycles. The Morgan fingerprint density at radius 2 is 1.82 bits per heavy atom. The standard InChI is InChI=1S/C25H25Cl2F5N4O4/c1-24(2,39)23(38)33-9-12-4-5-15(26)13(21(12)27)7-20-35-16-6-14(22(37)34-11-25(30,31)32)18(40-10-19(28)29)8-17(16)36(20)3/h4-6,8,19,39H,7,9-11H2,1-3H3,(H,33,38)(H,34,37). The van der Waals surface area contributed by atoms with Gasteiger partial charge < -0.3 is 25.0 Å². The van der Waals surface area contributed by atoms with Gasteiger partial charge in [-0.05, 0) is 37.1 Å². The summed E-state index contributed by atoms with van der Waals surface area (Å²) in [6.07, 6.45) is -7.53. The van der Waals surface area contributed by atoms with Gasteiger partial charge >= 0.3 is 6.18 Å². The predicted molar refractivity (Wildman–Crippen MR) is 138 cm³/mol. The lowest BCUT2D eigenvalue weighted by Crippen LogP contribution is -2.41. The zero-order valence-electron chi connectivity index (χ0n) is 21.4. The van der Waals surface area contributed by atoms with Crippen molar-refractivity contribution in [3.63, 3.8) is 0 Å². The van der Waals surface area contributed by atoms with Crippen molar-refractivity contribution in [3.05, 3.63) is 56.8 Å². The minimum atomic E-state index is -4.69. The number of aryl methyl sites for hydroxylation is 1. The molecule has 3 rings (SSSR count). The van der Waals surface area contributed by atoms with Crippen LogP contribution in [0.4, 0.5) is 22.0 Å². The molecule has 15 heteroatoms. The third-order valence-corrected chi connectivity index (χ3v) is 6.55. The van der Waals surface area contributed by atoms with Crippen molar-refractivity contribution < 1.29 is 41.4 Å². The maximum Gasteiger partial charge on any atom is 0.405 e. The summed E-state index contributed by atoms with van der Waals surface area (Å²) in [6.45, 7) is -0.0564. The number of halogens is 7. The largest absolute Gasteiger partial charge is 0.487 e. The van der Waals surface area contributed by atoms with Gasteiger partial charge in [-0.1, -0.05) is 29.3 Å². The summed E-state index contributed by atoms with van der Waals surface area (Å²) in [6, 6.07) is 5.56. The fourth-order valence-corrected chi connectivity index (χ4v) is 4.22. The third-order valence-electron chi connectivity index (χ3n) is 5.73. The van der Waals surface area contributed by atoms with Gasteiger partial charge in [-0.25, -0.2) is 13.8 Å². The van der Waals surface area contributed by atoms with Gasteiger partial charge in [-0.15, -0.1) is 0 Å². The molecule has 1 aromatic heterocycles. The van der Waals surface area contributed by atoms with Crippen molar-refractivity contribution in [3.8, 4) is 5.75 Å². The fraction of sp³-hybridized carbons (Fsp3) is 0.400. The molecule has 0 bridgehead atoms. The number of amides is 2. The highest BCUT2D eigenvalue weighted by atomic mass is 35.5. The molecule has 0 saturated heterocycles. The van der Waals surface area contributed by atoms with Crippen LogP contribution in [0.15, 0.2) is 24.3 Å². The summed E-state index contributed by atoms with van der Waals surface area (Å²) < 4.78 is 70.1. The number of alkyl halides is 5. The minimum Gasteiger partial charge on any atom is -0.487 e. The van der Waals surface area contributed by atoms with Crippen molar-refractivity contribution in [2.75, 3.05) is 13.2 Å². The molecular weight excluding hydrogens is 586 g/mol. The quantitative estimate of drug-likeness (QED) is 0.286. The molecule has 0 spiro atoms. The highest BCUT2D eigenvalue weighted by Gasteiger charge is 2.29. The van der Waals surface area contributed by atoms with E-state index in [9.17, 15) is 36.6 Å². The van der Waals surface area contributed by atoms with Crippen LogP contribution >= 0.6 is 23.2 Å². The number of hydrogen-bond donors (Lipinski definition) is 3. The Labute approximate surface area is 235 Å². The lowest BCUT2D eigenvalue weighted by atomic mass is 10.1. The molecule has 0 atom stereocenters. The van der Waals surface area contributed by atoms with E-state index in [0.29, 0.717) is 22.5 Å². The number of aromatic nitrogens is 2. The first-order chi connectivity index (χ1) is 18.5. The highest BCUT2D eigenvalue weighted by Crippen LogP contribution is 2.32. The van der Waals surface area contributed by atoms with Gasteiger partial charge in [0.05, 0.1) is 21.6 Å². The van der Waals surface area contributed by atoms with Crippen LogP contribution in [0.1, 0.15) is 41.2 Å². The summed E-state index contributed by atoms with van der Waals surface area (Å²) >= 11 is 13.0. The number of rotatable bonds is 10. The molecule has 3 aromatic rings. The molecule has 0 fully saturated rings.